The summed E-state index contributed by atoms with van der Waals surface area (Å²) in [6.45, 7) is 2.63. The molecule has 0 saturated heterocycles. The van der Waals surface area contributed by atoms with E-state index >= 15 is 8.78 Å². The number of halogens is 3. The average molecular weight is 461 g/mol. The molecule has 2 aliphatic rings. The van der Waals surface area contributed by atoms with Crippen LogP contribution in [0.3, 0.4) is 0 Å². The molecule has 0 bridgehead atoms. The van der Waals surface area contributed by atoms with Crippen molar-refractivity contribution in [1.82, 2.24) is 0 Å². The van der Waals surface area contributed by atoms with Crippen LogP contribution < -0.4 is 9.47 Å². The number of ether oxygens (including phenoxy) is 2. The smallest absolute Gasteiger partial charge is 0.168 e. The minimum absolute atomic E-state index is 0.0263. The number of methoxy groups -OCH3 is 1. The van der Waals surface area contributed by atoms with Gasteiger partial charge in [0.2, 0.25) is 0 Å². The molecule has 2 aromatic carbocycles. The summed E-state index contributed by atoms with van der Waals surface area (Å²) in [4.78, 5) is 0. The van der Waals surface area contributed by atoms with Gasteiger partial charge in [0.15, 0.2) is 23.2 Å². The van der Waals surface area contributed by atoms with Gasteiger partial charge in [-0.2, -0.15) is 0 Å². The van der Waals surface area contributed by atoms with E-state index in [1.807, 2.05) is 12.1 Å². The third kappa shape index (κ3) is 5.50. The van der Waals surface area contributed by atoms with E-state index in [1.165, 1.54) is 19.6 Å². The maximum atomic E-state index is 15.1. The van der Waals surface area contributed by atoms with E-state index in [4.69, 9.17) is 9.47 Å². The Morgan fingerprint density at radius 3 is 1.79 bits per heavy atom. The standard InChI is InChI=1S/C28H35F3O2/c1-3-18-4-8-20(9-5-18)23-13-14-24(28(31)27(23)30)21-10-6-19(7-11-21)17-33-26-15-12-22(32-2)16-25(26)29/h12-16,18-21H,3-11,17H2,1-2H3. The average Bonchev–Trinajstić information content (AvgIpc) is 2.85. The molecule has 5 heteroatoms. The van der Waals surface area contributed by atoms with Gasteiger partial charge in [-0.3, -0.25) is 0 Å². The van der Waals surface area contributed by atoms with Crippen LogP contribution in [-0.4, -0.2) is 13.7 Å². The van der Waals surface area contributed by atoms with Gasteiger partial charge in [-0.05, 0) is 98.3 Å². The SMILES string of the molecule is CCC1CCC(c2ccc(C3CCC(COc4ccc(OC)cc4F)CC3)c(F)c2F)CC1. The highest BCUT2D eigenvalue weighted by molar-refractivity contribution is 5.33. The van der Waals surface area contributed by atoms with E-state index in [9.17, 15) is 4.39 Å². The van der Waals surface area contributed by atoms with Crippen LogP contribution in [0.1, 0.15) is 87.7 Å². The van der Waals surface area contributed by atoms with Crippen molar-refractivity contribution in [3.63, 3.8) is 0 Å². The molecule has 0 radical (unpaired) electrons. The molecule has 2 aromatic rings. The topological polar surface area (TPSA) is 18.5 Å². The van der Waals surface area contributed by atoms with Gasteiger partial charge in [0.25, 0.3) is 0 Å². The summed E-state index contributed by atoms with van der Waals surface area (Å²) in [6.07, 6.45) is 8.58. The van der Waals surface area contributed by atoms with Crippen molar-refractivity contribution in [1.29, 1.82) is 0 Å². The molecule has 2 saturated carbocycles. The zero-order chi connectivity index (χ0) is 23.4. The first-order valence-electron chi connectivity index (χ1n) is 12.4. The summed E-state index contributed by atoms with van der Waals surface area (Å²) in [6, 6.07) is 8.23. The van der Waals surface area contributed by atoms with E-state index in [-0.39, 0.29) is 23.5 Å². The van der Waals surface area contributed by atoms with Gasteiger partial charge in [0.1, 0.15) is 5.75 Å². The van der Waals surface area contributed by atoms with E-state index in [0.29, 0.717) is 23.5 Å². The Bertz CT molecular complexity index is 929. The van der Waals surface area contributed by atoms with E-state index in [2.05, 4.69) is 6.92 Å². The zero-order valence-corrected chi connectivity index (χ0v) is 19.7. The van der Waals surface area contributed by atoms with Crippen LogP contribution in [-0.2, 0) is 0 Å². The highest BCUT2D eigenvalue weighted by atomic mass is 19.2. The molecule has 0 aromatic heterocycles. The largest absolute Gasteiger partial charge is 0.497 e. The van der Waals surface area contributed by atoms with Crippen LogP contribution in [0.4, 0.5) is 13.2 Å². The van der Waals surface area contributed by atoms with Crippen molar-refractivity contribution in [2.24, 2.45) is 11.8 Å². The summed E-state index contributed by atoms with van der Waals surface area (Å²) >= 11 is 0. The number of benzene rings is 2. The predicted molar refractivity (Wildman–Crippen MR) is 124 cm³/mol. The Kier molecular flexibility index (Phi) is 7.87. The minimum Gasteiger partial charge on any atom is -0.497 e. The molecule has 0 spiro atoms. The molecule has 0 amide bonds. The summed E-state index contributed by atoms with van der Waals surface area (Å²) < 4.78 is 54.9. The molecule has 4 rings (SSSR count). The van der Waals surface area contributed by atoms with Crippen molar-refractivity contribution in [3.8, 4) is 11.5 Å². The van der Waals surface area contributed by atoms with Gasteiger partial charge in [-0.15, -0.1) is 0 Å². The van der Waals surface area contributed by atoms with Crippen LogP contribution in [0.25, 0.3) is 0 Å². The Labute approximate surface area is 195 Å². The maximum Gasteiger partial charge on any atom is 0.168 e. The van der Waals surface area contributed by atoms with Gasteiger partial charge in [-0.1, -0.05) is 25.5 Å². The zero-order valence-electron chi connectivity index (χ0n) is 19.7. The lowest BCUT2D eigenvalue weighted by molar-refractivity contribution is 0.193. The van der Waals surface area contributed by atoms with Gasteiger partial charge < -0.3 is 9.47 Å². The van der Waals surface area contributed by atoms with Crippen LogP contribution in [0.15, 0.2) is 30.3 Å². The van der Waals surface area contributed by atoms with Crippen LogP contribution in [0.2, 0.25) is 0 Å². The first-order chi connectivity index (χ1) is 16.0. The lowest BCUT2D eigenvalue weighted by Gasteiger charge is -2.31. The summed E-state index contributed by atoms with van der Waals surface area (Å²) in [5, 5.41) is 0. The second kappa shape index (κ2) is 10.8. The molecule has 2 aliphatic carbocycles. The Hall–Kier alpha value is -2.17. The van der Waals surface area contributed by atoms with Gasteiger partial charge in [0.05, 0.1) is 13.7 Å². The van der Waals surface area contributed by atoms with E-state index in [1.54, 1.807) is 12.1 Å². The lowest BCUT2D eigenvalue weighted by atomic mass is 9.76. The Morgan fingerprint density at radius 2 is 1.30 bits per heavy atom. The van der Waals surface area contributed by atoms with Crippen LogP contribution in [0.5, 0.6) is 11.5 Å². The van der Waals surface area contributed by atoms with Gasteiger partial charge in [0, 0.05) is 6.07 Å². The second-order valence-corrected chi connectivity index (χ2v) is 9.82. The highest BCUT2D eigenvalue weighted by Gasteiger charge is 2.29. The molecule has 33 heavy (non-hydrogen) atoms. The molecule has 180 valence electrons. The molecule has 0 heterocycles. The monoisotopic (exact) mass is 460 g/mol. The first kappa shape index (κ1) is 24.0. The van der Waals surface area contributed by atoms with Crippen LogP contribution >= 0.6 is 0 Å². The lowest BCUT2D eigenvalue weighted by Crippen LogP contribution is -2.21. The number of hydrogen-bond donors (Lipinski definition) is 0. The van der Waals surface area contributed by atoms with Crippen molar-refractivity contribution in [2.75, 3.05) is 13.7 Å². The first-order valence-corrected chi connectivity index (χ1v) is 12.4. The van der Waals surface area contributed by atoms with Crippen molar-refractivity contribution in [3.05, 3.63) is 58.9 Å². The molecule has 0 atom stereocenters. The maximum absolute atomic E-state index is 15.1. The predicted octanol–water partition coefficient (Wildman–Crippen LogP) is 8.15. The molecule has 2 nitrogen and oxygen atoms in total. The molecule has 2 fully saturated rings. The summed E-state index contributed by atoms with van der Waals surface area (Å²) in [5.41, 5.74) is 1.08. The van der Waals surface area contributed by atoms with Crippen LogP contribution in [0, 0.1) is 29.3 Å². The molecular weight excluding hydrogens is 425 g/mol. The van der Waals surface area contributed by atoms with E-state index in [0.717, 1.165) is 57.3 Å². The molecule has 0 N–H and O–H groups in total. The number of rotatable bonds is 7. The fourth-order valence-corrected chi connectivity index (χ4v) is 5.66. The highest BCUT2D eigenvalue weighted by Crippen LogP contribution is 2.42. The Balaban J connectivity index is 1.32. The quantitative estimate of drug-likeness (QED) is 0.415. The van der Waals surface area contributed by atoms with Crippen molar-refractivity contribution in [2.45, 2.75) is 76.5 Å². The normalized spacial score (nSPS) is 25.6. The molecule has 0 aliphatic heterocycles. The Morgan fingerprint density at radius 1 is 0.758 bits per heavy atom. The fraction of sp³-hybridized carbons (Fsp3) is 0.571. The molecular formula is C28H35F3O2. The van der Waals surface area contributed by atoms with Gasteiger partial charge >= 0.3 is 0 Å². The van der Waals surface area contributed by atoms with E-state index < -0.39 is 17.5 Å². The third-order valence-electron chi connectivity index (χ3n) is 7.91. The summed E-state index contributed by atoms with van der Waals surface area (Å²) in [7, 11) is 1.49. The van der Waals surface area contributed by atoms with Gasteiger partial charge in [-0.25, -0.2) is 13.2 Å². The number of hydrogen-bond acceptors (Lipinski definition) is 2. The second-order valence-electron chi connectivity index (χ2n) is 9.82. The minimum atomic E-state index is -0.648. The molecule has 0 unspecified atom stereocenters. The van der Waals surface area contributed by atoms with Crippen molar-refractivity contribution < 1.29 is 22.6 Å². The fourth-order valence-electron chi connectivity index (χ4n) is 5.66. The third-order valence-corrected chi connectivity index (χ3v) is 7.91. The summed E-state index contributed by atoms with van der Waals surface area (Å²) in [5.74, 6) is 0.129. The van der Waals surface area contributed by atoms with Crippen molar-refractivity contribution >= 4 is 0 Å².